The summed E-state index contributed by atoms with van der Waals surface area (Å²) in [5.41, 5.74) is 2.77. The number of para-hydroxylation sites is 1. The Morgan fingerprint density at radius 1 is 1.17 bits per heavy atom. The van der Waals surface area contributed by atoms with Crippen LogP contribution in [0.2, 0.25) is 0 Å². The number of piperidine rings is 1. The molecule has 1 aromatic carbocycles. The summed E-state index contributed by atoms with van der Waals surface area (Å²) >= 11 is 0. The van der Waals surface area contributed by atoms with Crippen LogP contribution in [0.1, 0.15) is 35.8 Å². The Balaban J connectivity index is 1.38. The Hall–Kier alpha value is -3.16. The number of nitrogens with one attached hydrogen (secondary N) is 1. The van der Waals surface area contributed by atoms with E-state index in [9.17, 15) is 9.59 Å². The first-order valence-corrected chi connectivity index (χ1v) is 10.1. The van der Waals surface area contributed by atoms with Crippen LogP contribution in [0.15, 0.2) is 36.7 Å². The quantitative estimate of drug-likeness (QED) is 0.856. The summed E-state index contributed by atoms with van der Waals surface area (Å²) in [4.78, 5) is 36.8. The second kappa shape index (κ2) is 8.46. The molecule has 1 fully saturated rings. The number of rotatable bonds is 4. The highest BCUT2D eigenvalue weighted by molar-refractivity contribution is 5.93. The fourth-order valence-electron chi connectivity index (χ4n) is 3.88. The zero-order valence-electron chi connectivity index (χ0n) is 16.5. The maximum absolute atomic E-state index is 12.7. The molecule has 3 heterocycles. The van der Waals surface area contributed by atoms with Crippen molar-refractivity contribution in [2.24, 2.45) is 0 Å². The van der Waals surface area contributed by atoms with Gasteiger partial charge in [0, 0.05) is 37.4 Å². The Morgan fingerprint density at radius 2 is 1.97 bits per heavy atom. The van der Waals surface area contributed by atoms with Crippen molar-refractivity contribution < 1.29 is 14.3 Å². The molecule has 0 spiro atoms. The fraction of sp³-hybridized carbons (Fsp3) is 0.429. The van der Waals surface area contributed by atoms with Gasteiger partial charge in [-0.15, -0.1) is 0 Å². The predicted octanol–water partition coefficient (Wildman–Crippen LogP) is 2.52. The Kier molecular flexibility index (Phi) is 5.59. The standard InChI is InChI=1S/C21H25N5O3/c1-2-29-21(28)25-10-8-16(9-11-25)24-20(27)17-13-19(23-14-22-17)26-12-7-15-5-3-4-6-18(15)26/h3-6,13-14,16H,2,7-12H2,1H3,(H,24,27). The number of ether oxygens (including phenoxy) is 1. The lowest BCUT2D eigenvalue weighted by Gasteiger charge is -2.31. The van der Waals surface area contributed by atoms with Crippen LogP contribution in [-0.4, -0.2) is 59.2 Å². The molecule has 8 heteroatoms. The van der Waals surface area contributed by atoms with E-state index < -0.39 is 0 Å². The molecule has 2 aliphatic rings. The van der Waals surface area contributed by atoms with E-state index in [4.69, 9.17) is 4.74 Å². The molecule has 1 saturated heterocycles. The van der Waals surface area contributed by atoms with Gasteiger partial charge in [-0.2, -0.15) is 0 Å². The number of likely N-dealkylation sites (tertiary alicyclic amines) is 1. The minimum Gasteiger partial charge on any atom is -0.450 e. The summed E-state index contributed by atoms with van der Waals surface area (Å²) in [6.07, 6.45) is 3.50. The number of carbonyl (C=O) groups is 2. The summed E-state index contributed by atoms with van der Waals surface area (Å²) in [6, 6.07) is 9.99. The van der Waals surface area contributed by atoms with Crippen molar-refractivity contribution >= 4 is 23.5 Å². The Bertz CT molecular complexity index is 895. The van der Waals surface area contributed by atoms with E-state index in [-0.39, 0.29) is 18.0 Å². The number of nitrogens with zero attached hydrogens (tertiary/aromatic N) is 4. The summed E-state index contributed by atoms with van der Waals surface area (Å²) in [5, 5.41) is 3.04. The van der Waals surface area contributed by atoms with Crippen molar-refractivity contribution in [3.63, 3.8) is 0 Å². The molecule has 29 heavy (non-hydrogen) atoms. The van der Waals surface area contributed by atoms with Gasteiger partial charge in [-0.1, -0.05) is 18.2 Å². The molecule has 2 amide bonds. The highest BCUT2D eigenvalue weighted by atomic mass is 16.6. The Morgan fingerprint density at radius 3 is 2.76 bits per heavy atom. The van der Waals surface area contributed by atoms with Crippen molar-refractivity contribution in [1.29, 1.82) is 0 Å². The average Bonchev–Trinajstić information content (AvgIpc) is 3.19. The van der Waals surface area contributed by atoms with Gasteiger partial charge >= 0.3 is 6.09 Å². The number of hydrogen-bond acceptors (Lipinski definition) is 6. The van der Waals surface area contributed by atoms with E-state index >= 15 is 0 Å². The molecule has 8 nitrogen and oxygen atoms in total. The van der Waals surface area contributed by atoms with Gasteiger partial charge in [0.1, 0.15) is 17.8 Å². The third-order valence-electron chi connectivity index (χ3n) is 5.41. The van der Waals surface area contributed by atoms with Crippen molar-refractivity contribution in [3.05, 3.63) is 47.9 Å². The van der Waals surface area contributed by atoms with Crippen LogP contribution in [0.4, 0.5) is 16.3 Å². The first-order valence-electron chi connectivity index (χ1n) is 10.1. The molecular weight excluding hydrogens is 370 g/mol. The van der Waals surface area contributed by atoms with Gasteiger partial charge < -0.3 is 19.9 Å². The van der Waals surface area contributed by atoms with Crippen molar-refractivity contribution in [3.8, 4) is 0 Å². The predicted molar refractivity (Wildman–Crippen MR) is 108 cm³/mol. The van der Waals surface area contributed by atoms with E-state index in [1.807, 2.05) is 12.1 Å². The van der Waals surface area contributed by atoms with E-state index in [0.29, 0.717) is 38.2 Å². The summed E-state index contributed by atoms with van der Waals surface area (Å²) < 4.78 is 5.03. The van der Waals surface area contributed by atoms with Crippen LogP contribution in [0.25, 0.3) is 0 Å². The van der Waals surface area contributed by atoms with Crippen LogP contribution >= 0.6 is 0 Å². The SMILES string of the molecule is CCOC(=O)N1CCC(NC(=O)c2cc(N3CCc4ccccc43)ncn2)CC1. The van der Waals surface area contributed by atoms with Crippen LogP contribution in [0, 0.1) is 0 Å². The zero-order valence-corrected chi connectivity index (χ0v) is 16.5. The smallest absolute Gasteiger partial charge is 0.409 e. The lowest BCUT2D eigenvalue weighted by molar-refractivity contribution is 0.0856. The lowest BCUT2D eigenvalue weighted by atomic mass is 10.1. The molecule has 2 aliphatic heterocycles. The van der Waals surface area contributed by atoms with Gasteiger partial charge in [0.05, 0.1) is 6.61 Å². The van der Waals surface area contributed by atoms with Gasteiger partial charge in [-0.05, 0) is 37.8 Å². The number of anilines is 2. The van der Waals surface area contributed by atoms with Gasteiger partial charge in [0.15, 0.2) is 0 Å². The van der Waals surface area contributed by atoms with Gasteiger partial charge in [-0.25, -0.2) is 14.8 Å². The maximum Gasteiger partial charge on any atom is 0.409 e. The van der Waals surface area contributed by atoms with Gasteiger partial charge in [-0.3, -0.25) is 4.79 Å². The maximum atomic E-state index is 12.7. The number of carbonyl (C=O) groups excluding carboxylic acids is 2. The average molecular weight is 395 g/mol. The third kappa shape index (κ3) is 4.16. The second-order valence-corrected chi connectivity index (χ2v) is 7.23. The van der Waals surface area contributed by atoms with Crippen LogP contribution < -0.4 is 10.2 Å². The summed E-state index contributed by atoms with van der Waals surface area (Å²) in [7, 11) is 0. The monoisotopic (exact) mass is 395 g/mol. The molecular formula is C21H25N5O3. The van der Waals surface area contributed by atoms with E-state index in [0.717, 1.165) is 24.5 Å². The summed E-state index contributed by atoms with van der Waals surface area (Å²) in [5.74, 6) is 0.517. The van der Waals surface area contributed by atoms with Gasteiger partial charge in [0.2, 0.25) is 0 Å². The molecule has 2 aromatic rings. The molecule has 0 bridgehead atoms. The second-order valence-electron chi connectivity index (χ2n) is 7.23. The minimum absolute atomic E-state index is 0.0131. The van der Waals surface area contributed by atoms with Crippen LogP contribution in [0.3, 0.4) is 0 Å². The highest BCUT2D eigenvalue weighted by Crippen LogP contribution is 2.33. The number of fused-ring (bicyclic) bond motifs is 1. The molecule has 152 valence electrons. The van der Waals surface area contributed by atoms with E-state index in [1.54, 1.807) is 17.9 Å². The van der Waals surface area contributed by atoms with Crippen molar-refractivity contribution in [2.75, 3.05) is 31.1 Å². The molecule has 0 radical (unpaired) electrons. The molecule has 0 unspecified atom stereocenters. The third-order valence-corrected chi connectivity index (χ3v) is 5.41. The first-order chi connectivity index (χ1) is 14.2. The van der Waals surface area contributed by atoms with Gasteiger partial charge in [0.25, 0.3) is 5.91 Å². The summed E-state index contributed by atoms with van der Waals surface area (Å²) in [6.45, 7) is 4.14. The lowest BCUT2D eigenvalue weighted by Crippen LogP contribution is -2.46. The number of amides is 2. The highest BCUT2D eigenvalue weighted by Gasteiger charge is 2.26. The Labute approximate surface area is 169 Å². The van der Waals surface area contributed by atoms with Crippen LogP contribution in [0.5, 0.6) is 0 Å². The molecule has 0 aliphatic carbocycles. The zero-order chi connectivity index (χ0) is 20.2. The van der Waals surface area contributed by atoms with E-state index in [2.05, 4.69) is 32.3 Å². The number of aromatic nitrogens is 2. The van der Waals surface area contributed by atoms with Crippen molar-refractivity contribution in [2.45, 2.75) is 32.2 Å². The largest absolute Gasteiger partial charge is 0.450 e. The molecule has 1 N–H and O–H groups in total. The first kappa shape index (κ1) is 19.2. The molecule has 1 aromatic heterocycles. The normalized spacial score (nSPS) is 16.4. The molecule has 0 atom stereocenters. The molecule has 4 rings (SSSR count). The fourth-order valence-corrected chi connectivity index (χ4v) is 3.88. The number of benzene rings is 1. The topological polar surface area (TPSA) is 87.7 Å². The van der Waals surface area contributed by atoms with E-state index in [1.165, 1.54) is 11.9 Å². The molecule has 0 saturated carbocycles. The number of hydrogen-bond donors (Lipinski definition) is 1. The van der Waals surface area contributed by atoms with Crippen LogP contribution in [-0.2, 0) is 11.2 Å². The van der Waals surface area contributed by atoms with Crippen molar-refractivity contribution in [1.82, 2.24) is 20.2 Å². The minimum atomic E-state index is -0.288.